The van der Waals surface area contributed by atoms with E-state index in [-0.39, 0.29) is 5.56 Å². The summed E-state index contributed by atoms with van der Waals surface area (Å²) in [6.45, 7) is -0.477. The number of nitrogens with two attached hydrogens (primary N) is 1. The second kappa shape index (κ2) is 4.53. The van der Waals surface area contributed by atoms with Crippen LogP contribution in [0.15, 0.2) is 6.20 Å². The van der Waals surface area contributed by atoms with Crippen LogP contribution in [-0.4, -0.2) is 22.4 Å². The molecule has 1 heterocycles. The zero-order chi connectivity index (χ0) is 13.2. The van der Waals surface area contributed by atoms with Gasteiger partial charge in [-0.1, -0.05) is 0 Å². The van der Waals surface area contributed by atoms with Gasteiger partial charge in [0.25, 0.3) is 0 Å². The number of rotatable bonds is 3. The number of carboxylic acid groups (broad SMARTS) is 1. The average molecular weight is 254 g/mol. The Hall–Kier alpha value is -1.90. The summed E-state index contributed by atoms with van der Waals surface area (Å²) in [5.74, 6) is -4.79. The van der Waals surface area contributed by atoms with E-state index >= 15 is 0 Å². The monoisotopic (exact) mass is 254 g/mol. The van der Waals surface area contributed by atoms with Crippen molar-refractivity contribution < 1.29 is 32.2 Å². The quantitative estimate of drug-likeness (QED) is 0.793. The van der Waals surface area contributed by atoms with Crippen molar-refractivity contribution in [3.8, 4) is 5.75 Å². The molecule has 0 radical (unpaired) electrons. The van der Waals surface area contributed by atoms with Crippen LogP contribution in [0.2, 0.25) is 0 Å². The lowest BCUT2D eigenvalue weighted by atomic mass is 10.2. The van der Waals surface area contributed by atoms with Crippen molar-refractivity contribution in [3.05, 3.63) is 23.3 Å². The molecule has 0 aliphatic rings. The molecule has 0 aliphatic carbocycles. The Kier molecular flexibility index (Phi) is 3.51. The van der Waals surface area contributed by atoms with Crippen LogP contribution in [0.5, 0.6) is 5.75 Å². The third-order valence-electron chi connectivity index (χ3n) is 1.69. The van der Waals surface area contributed by atoms with Crippen LogP contribution >= 0.6 is 0 Å². The highest BCUT2D eigenvalue weighted by Gasteiger charge is 2.35. The summed E-state index contributed by atoms with van der Waals surface area (Å²) < 4.78 is 52.7. The van der Waals surface area contributed by atoms with E-state index < -0.39 is 36.1 Å². The number of halogens is 4. The molecule has 5 nitrogen and oxygen atoms in total. The maximum atomic E-state index is 13.4. The minimum Gasteiger partial charge on any atom is -0.476 e. The third-order valence-corrected chi connectivity index (χ3v) is 1.69. The zero-order valence-electron chi connectivity index (χ0n) is 8.08. The van der Waals surface area contributed by atoms with Crippen molar-refractivity contribution in [2.75, 3.05) is 0 Å². The number of carboxylic acids is 1. The number of alkyl halides is 3. The van der Waals surface area contributed by atoms with E-state index in [0.29, 0.717) is 6.20 Å². The van der Waals surface area contributed by atoms with Gasteiger partial charge in [-0.3, -0.25) is 0 Å². The number of ether oxygens (including phenoxy) is 1. The van der Waals surface area contributed by atoms with Gasteiger partial charge in [0.15, 0.2) is 17.3 Å². The summed E-state index contributed by atoms with van der Waals surface area (Å²) >= 11 is 0. The van der Waals surface area contributed by atoms with Gasteiger partial charge in [0, 0.05) is 18.3 Å². The number of carbonyl (C=O) groups is 1. The Labute approximate surface area is 91.8 Å². The van der Waals surface area contributed by atoms with Crippen LogP contribution in [0.4, 0.5) is 17.6 Å². The van der Waals surface area contributed by atoms with Gasteiger partial charge < -0.3 is 15.6 Å². The van der Waals surface area contributed by atoms with Crippen LogP contribution in [0.3, 0.4) is 0 Å². The molecular formula is C8H6F4N2O3. The summed E-state index contributed by atoms with van der Waals surface area (Å²) in [5.41, 5.74) is 3.51. The molecule has 0 aliphatic heterocycles. The molecule has 0 saturated heterocycles. The number of aromatic nitrogens is 1. The molecule has 0 atom stereocenters. The molecule has 0 aromatic carbocycles. The second-order valence-corrected chi connectivity index (χ2v) is 2.83. The molecule has 1 rings (SSSR count). The third kappa shape index (κ3) is 3.03. The highest BCUT2D eigenvalue weighted by atomic mass is 19.4. The molecule has 17 heavy (non-hydrogen) atoms. The predicted molar refractivity (Wildman–Crippen MR) is 45.7 cm³/mol. The van der Waals surface area contributed by atoms with Crippen LogP contribution in [-0.2, 0) is 6.54 Å². The molecule has 0 amide bonds. The minimum atomic E-state index is -5.15. The maximum Gasteiger partial charge on any atom is 0.573 e. The van der Waals surface area contributed by atoms with E-state index in [1.807, 2.05) is 0 Å². The lowest BCUT2D eigenvalue weighted by Crippen LogP contribution is -2.21. The lowest BCUT2D eigenvalue weighted by molar-refractivity contribution is -0.275. The van der Waals surface area contributed by atoms with E-state index in [0.717, 1.165) is 0 Å². The Bertz CT molecular complexity index is 447. The summed E-state index contributed by atoms with van der Waals surface area (Å²) in [6, 6.07) is 0. The Morgan fingerprint density at radius 1 is 1.53 bits per heavy atom. The fourth-order valence-corrected chi connectivity index (χ4v) is 1.03. The molecule has 1 aromatic heterocycles. The first-order valence-electron chi connectivity index (χ1n) is 4.12. The van der Waals surface area contributed by atoms with Crippen LogP contribution < -0.4 is 10.5 Å². The predicted octanol–water partition coefficient (Wildman–Crippen LogP) is 1.28. The molecule has 0 bridgehead atoms. The van der Waals surface area contributed by atoms with Gasteiger partial charge >= 0.3 is 12.3 Å². The van der Waals surface area contributed by atoms with Crippen molar-refractivity contribution in [3.63, 3.8) is 0 Å². The maximum absolute atomic E-state index is 13.4. The van der Waals surface area contributed by atoms with Gasteiger partial charge in [-0.25, -0.2) is 14.2 Å². The van der Waals surface area contributed by atoms with E-state index in [9.17, 15) is 22.4 Å². The molecule has 0 fully saturated rings. The molecule has 94 valence electrons. The fraction of sp³-hybridized carbons (Fsp3) is 0.250. The summed E-state index contributed by atoms with van der Waals surface area (Å²) in [4.78, 5) is 13.6. The molecule has 0 unspecified atom stereocenters. The van der Waals surface area contributed by atoms with E-state index in [4.69, 9.17) is 10.8 Å². The lowest BCUT2D eigenvalue weighted by Gasteiger charge is -2.13. The van der Waals surface area contributed by atoms with Crippen molar-refractivity contribution >= 4 is 5.97 Å². The molecular weight excluding hydrogens is 248 g/mol. The molecule has 0 saturated carbocycles. The first kappa shape index (κ1) is 13.2. The Morgan fingerprint density at radius 2 is 2.12 bits per heavy atom. The standard InChI is InChI=1S/C8H6F4N2O3/c9-4-5(7(15)16)14-2-3(1-13)6(4)17-8(10,11)12/h2H,1,13H2,(H,15,16). The number of pyridine rings is 1. The molecule has 3 N–H and O–H groups in total. The number of hydrogen-bond acceptors (Lipinski definition) is 4. The smallest absolute Gasteiger partial charge is 0.476 e. The van der Waals surface area contributed by atoms with Crippen molar-refractivity contribution in [2.24, 2.45) is 5.73 Å². The molecule has 9 heteroatoms. The first-order chi connectivity index (χ1) is 7.76. The van der Waals surface area contributed by atoms with Gasteiger partial charge in [0.2, 0.25) is 0 Å². The summed E-state index contributed by atoms with van der Waals surface area (Å²) in [6.07, 6.45) is -4.44. The van der Waals surface area contributed by atoms with E-state index in [1.54, 1.807) is 0 Å². The van der Waals surface area contributed by atoms with E-state index in [1.165, 1.54) is 0 Å². The summed E-state index contributed by atoms with van der Waals surface area (Å²) in [5, 5.41) is 8.48. The van der Waals surface area contributed by atoms with Crippen LogP contribution in [0, 0.1) is 5.82 Å². The van der Waals surface area contributed by atoms with Crippen molar-refractivity contribution in [2.45, 2.75) is 12.9 Å². The molecule has 1 aromatic rings. The van der Waals surface area contributed by atoms with Crippen LogP contribution in [0.1, 0.15) is 16.1 Å². The summed E-state index contributed by atoms with van der Waals surface area (Å²) in [7, 11) is 0. The number of nitrogens with zero attached hydrogens (tertiary/aromatic N) is 1. The Balaban J connectivity index is 3.32. The highest BCUT2D eigenvalue weighted by molar-refractivity contribution is 5.86. The zero-order valence-corrected chi connectivity index (χ0v) is 8.08. The largest absolute Gasteiger partial charge is 0.573 e. The molecule has 0 spiro atoms. The van der Waals surface area contributed by atoms with Gasteiger partial charge in [-0.2, -0.15) is 0 Å². The van der Waals surface area contributed by atoms with Crippen molar-refractivity contribution in [1.82, 2.24) is 4.98 Å². The minimum absolute atomic E-state index is 0.384. The first-order valence-corrected chi connectivity index (χ1v) is 4.12. The normalized spacial score (nSPS) is 11.4. The SMILES string of the molecule is NCc1cnc(C(=O)O)c(F)c1OC(F)(F)F. The second-order valence-electron chi connectivity index (χ2n) is 2.83. The topological polar surface area (TPSA) is 85.4 Å². The van der Waals surface area contributed by atoms with Gasteiger partial charge in [0.05, 0.1) is 0 Å². The highest BCUT2D eigenvalue weighted by Crippen LogP contribution is 2.30. The average Bonchev–Trinajstić information content (AvgIpc) is 2.18. The Morgan fingerprint density at radius 3 is 2.53 bits per heavy atom. The van der Waals surface area contributed by atoms with E-state index in [2.05, 4.69) is 9.72 Å². The van der Waals surface area contributed by atoms with Gasteiger partial charge in [0.1, 0.15) is 0 Å². The van der Waals surface area contributed by atoms with Gasteiger partial charge in [-0.15, -0.1) is 13.2 Å². The number of hydrogen-bond donors (Lipinski definition) is 2. The van der Waals surface area contributed by atoms with Crippen LogP contribution in [0.25, 0.3) is 0 Å². The van der Waals surface area contributed by atoms with Crippen molar-refractivity contribution in [1.29, 1.82) is 0 Å². The van der Waals surface area contributed by atoms with Gasteiger partial charge in [-0.05, 0) is 0 Å². The number of aromatic carboxylic acids is 1. The fourth-order valence-electron chi connectivity index (χ4n) is 1.03.